The Labute approximate surface area is 129 Å². The number of carbonyl (C=O) groups excluding carboxylic acids is 1. The summed E-state index contributed by atoms with van der Waals surface area (Å²) in [5.41, 5.74) is -0.620. The van der Waals surface area contributed by atoms with Crippen LogP contribution in [0.1, 0.15) is 33.1 Å². The van der Waals surface area contributed by atoms with Crippen LogP contribution in [-0.2, 0) is 9.53 Å². The Morgan fingerprint density at radius 2 is 2.29 bits per heavy atom. The number of rotatable bonds is 2. The molecule has 3 aliphatic rings. The summed E-state index contributed by atoms with van der Waals surface area (Å²) < 4.78 is 6.07. The molecular formula is C16H19ClN2O2. The predicted octanol–water partition coefficient (Wildman–Crippen LogP) is 3.27. The molecule has 0 radical (unpaired) electrons. The number of amides is 1. The van der Waals surface area contributed by atoms with E-state index in [0.29, 0.717) is 23.4 Å². The van der Waals surface area contributed by atoms with Gasteiger partial charge < -0.3 is 10.1 Å². The molecule has 1 aromatic heterocycles. The first kappa shape index (κ1) is 13.5. The van der Waals surface area contributed by atoms with Crippen LogP contribution in [0.5, 0.6) is 0 Å². The highest BCUT2D eigenvalue weighted by molar-refractivity contribution is 6.30. The van der Waals surface area contributed by atoms with Crippen molar-refractivity contribution in [3.8, 4) is 0 Å². The summed E-state index contributed by atoms with van der Waals surface area (Å²) in [4.78, 5) is 17.1. The van der Waals surface area contributed by atoms with Gasteiger partial charge in [-0.2, -0.15) is 0 Å². The number of anilines is 1. The first-order chi connectivity index (χ1) is 9.91. The van der Waals surface area contributed by atoms with Gasteiger partial charge in [0, 0.05) is 17.0 Å². The van der Waals surface area contributed by atoms with Gasteiger partial charge in [-0.05, 0) is 37.3 Å². The summed E-state index contributed by atoms with van der Waals surface area (Å²) in [6, 6.07) is 3.45. The van der Waals surface area contributed by atoms with Gasteiger partial charge in [0.15, 0.2) is 5.60 Å². The first-order valence-electron chi connectivity index (χ1n) is 7.48. The zero-order valence-electron chi connectivity index (χ0n) is 12.3. The van der Waals surface area contributed by atoms with Crippen molar-refractivity contribution in [2.45, 2.75) is 38.7 Å². The minimum absolute atomic E-state index is 0.0502. The molecule has 0 spiro atoms. The van der Waals surface area contributed by atoms with E-state index in [-0.39, 0.29) is 16.7 Å². The van der Waals surface area contributed by atoms with Crippen molar-refractivity contribution in [2.24, 2.45) is 16.7 Å². The smallest absolute Gasteiger partial charge is 0.258 e. The normalized spacial score (nSPS) is 43.3. The molecule has 1 N–H and O–H groups in total. The second-order valence-corrected chi connectivity index (χ2v) is 7.56. The van der Waals surface area contributed by atoms with Crippen LogP contribution in [0, 0.1) is 16.7 Å². The van der Waals surface area contributed by atoms with E-state index in [1.807, 2.05) is 0 Å². The predicted molar refractivity (Wildman–Crippen MR) is 80.1 cm³/mol. The van der Waals surface area contributed by atoms with E-state index in [9.17, 15) is 4.79 Å². The summed E-state index contributed by atoms with van der Waals surface area (Å²) in [5.74, 6) is 1.08. The first-order valence-corrected chi connectivity index (χ1v) is 7.86. The molecule has 4 nitrogen and oxygen atoms in total. The lowest BCUT2D eigenvalue weighted by molar-refractivity contribution is -0.149. The minimum atomic E-state index is -0.689. The van der Waals surface area contributed by atoms with Crippen molar-refractivity contribution < 1.29 is 9.53 Å². The van der Waals surface area contributed by atoms with E-state index in [1.54, 1.807) is 12.1 Å². The maximum absolute atomic E-state index is 12.9. The molecule has 1 saturated heterocycles. The molecule has 4 atom stereocenters. The highest BCUT2D eigenvalue weighted by atomic mass is 35.5. The molecule has 1 aliphatic heterocycles. The van der Waals surface area contributed by atoms with Crippen LogP contribution in [0.4, 0.5) is 5.82 Å². The number of nitrogens with one attached hydrogen (secondary N) is 1. The highest BCUT2D eigenvalue weighted by Crippen LogP contribution is 2.75. The number of ether oxygens (including phenoxy) is 1. The zero-order valence-corrected chi connectivity index (χ0v) is 13.0. The van der Waals surface area contributed by atoms with Gasteiger partial charge in [-0.15, -0.1) is 0 Å². The van der Waals surface area contributed by atoms with Gasteiger partial charge in [0.1, 0.15) is 5.82 Å². The monoisotopic (exact) mass is 306 g/mol. The van der Waals surface area contributed by atoms with Gasteiger partial charge in [0.2, 0.25) is 0 Å². The van der Waals surface area contributed by atoms with Crippen LogP contribution in [0.3, 0.4) is 0 Å². The Balaban J connectivity index is 1.65. The van der Waals surface area contributed by atoms with Crippen molar-refractivity contribution in [3.05, 3.63) is 23.4 Å². The van der Waals surface area contributed by atoms with Gasteiger partial charge in [0.25, 0.3) is 5.91 Å². The highest BCUT2D eigenvalue weighted by Gasteiger charge is 2.78. The third-order valence-corrected chi connectivity index (χ3v) is 6.76. The summed E-state index contributed by atoms with van der Waals surface area (Å²) in [7, 11) is 0. The number of carbonyl (C=O) groups is 1. The van der Waals surface area contributed by atoms with Crippen molar-refractivity contribution >= 4 is 23.3 Å². The van der Waals surface area contributed by atoms with Crippen LogP contribution in [0.15, 0.2) is 18.3 Å². The molecule has 2 saturated carbocycles. The quantitative estimate of drug-likeness (QED) is 0.912. The van der Waals surface area contributed by atoms with Crippen molar-refractivity contribution in [3.63, 3.8) is 0 Å². The third-order valence-electron chi connectivity index (χ3n) is 6.53. The number of hydrogen-bond acceptors (Lipinski definition) is 3. The standard InChI is InChI=1S/C16H19ClN2O2/c1-14-9-21-16(7-10(14)5-6-15(14,16)2)13(20)19-12-4-3-11(17)8-18-12/h3-4,8,10H,5-7,9H2,1-2H3,(H,18,19,20)/t10?,14-,15+,16-/m0/s1. The Morgan fingerprint density at radius 1 is 1.48 bits per heavy atom. The topological polar surface area (TPSA) is 51.2 Å². The van der Waals surface area contributed by atoms with Crippen LogP contribution in [0.25, 0.3) is 0 Å². The Hall–Kier alpha value is -1.13. The fraction of sp³-hybridized carbons (Fsp3) is 0.625. The van der Waals surface area contributed by atoms with Crippen LogP contribution < -0.4 is 5.32 Å². The van der Waals surface area contributed by atoms with E-state index in [0.717, 1.165) is 12.8 Å². The molecule has 0 aromatic carbocycles. The van der Waals surface area contributed by atoms with Crippen LogP contribution in [0.2, 0.25) is 5.02 Å². The SMILES string of the molecule is C[C@]12CCC3C[C@@]1(C(=O)Nc1ccc(Cl)cn1)OC[C@@]32C. The molecule has 4 rings (SSSR count). The second-order valence-electron chi connectivity index (χ2n) is 7.12. The van der Waals surface area contributed by atoms with Gasteiger partial charge in [-0.3, -0.25) is 4.79 Å². The van der Waals surface area contributed by atoms with Crippen molar-refractivity contribution in [2.75, 3.05) is 11.9 Å². The van der Waals surface area contributed by atoms with E-state index < -0.39 is 5.60 Å². The zero-order chi connectivity index (χ0) is 14.9. The summed E-state index contributed by atoms with van der Waals surface area (Å²) >= 11 is 5.83. The molecule has 21 heavy (non-hydrogen) atoms. The molecule has 4 bridgehead atoms. The van der Waals surface area contributed by atoms with Crippen molar-refractivity contribution in [1.29, 1.82) is 0 Å². The number of pyridine rings is 1. The molecule has 1 amide bonds. The van der Waals surface area contributed by atoms with Gasteiger partial charge in [0.05, 0.1) is 11.6 Å². The number of nitrogens with zero attached hydrogens (tertiary/aromatic N) is 1. The van der Waals surface area contributed by atoms with E-state index in [1.165, 1.54) is 12.6 Å². The molecule has 2 aliphatic carbocycles. The van der Waals surface area contributed by atoms with Crippen LogP contribution in [-0.4, -0.2) is 23.1 Å². The Kier molecular flexibility index (Phi) is 2.57. The Bertz CT molecular complexity index is 619. The molecule has 112 valence electrons. The van der Waals surface area contributed by atoms with Crippen LogP contribution >= 0.6 is 11.6 Å². The van der Waals surface area contributed by atoms with Gasteiger partial charge >= 0.3 is 0 Å². The molecule has 3 fully saturated rings. The molecule has 5 heteroatoms. The number of hydrogen-bond donors (Lipinski definition) is 1. The lowest BCUT2D eigenvalue weighted by Gasteiger charge is -2.39. The summed E-state index contributed by atoms with van der Waals surface area (Å²) in [6.07, 6.45) is 4.65. The van der Waals surface area contributed by atoms with E-state index in [4.69, 9.17) is 16.3 Å². The third kappa shape index (κ3) is 1.45. The molecule has 2 heterocycles. The van der Waals surface area contributed by atoms with Gasteiger partial charge in [-0.25, -0.2) is 4.98 Å². The van der Waals surface area contributed by atoms with E-state index >= 15 is 0 Å². The largest absolute Gasteiger partial charge is 0.364 e. The minimum Gasteiger partial charge on any atom is -0.364 e. The lowest BCUT2D eigenvalue weighted by atomic mass is 9.66. The fourth-order valence-electron chi connectivity index (χ4n) is 4.92. The molecular weight excluding hydrogens is 288 g/mol. The second kappa shape index (κ2) is 3.99. The average Bonchev–Trinajstić information content (AvgIpc) is 2.93. The maximum atomic E-state index is 12.9. The number of aromatic nitrogens is 1. The number of halogens is 1. The molecule has 1 unspecified atom stereocenters. The fourth-order valence-corrected chi connectivity index (χ4v) is 5.04. The summed E-state index contributed by atoms with van der Waals surface area (Å²) in [5, 5.41) is 3.48. The van der Waals surface area contributed by atoms with E-state index in [2.05, 4.69) is 24.1 Å². The van der Waals surface area contributed by atoms with Crippen molar-refractivity contribution in [1.82, 2.24) is 4.98 Å². The van der Waals surface area contributed by atoms with Gasteiger partial charge in [-0.1, -0.05) is 25.4 Å². The maximum Gasteiger partial charge on any atom is 0.258 e. The lowest BCUT2D eigenvalue weighted by Crippen LogP contribution is -2.52. The summed E-state index contributed by atoms with van der Waals surface area (Å²) in [6.45, 7) is 5.20. The Morgan fingerprint density at radius 3 is 2.90 bits per heavy atom. The average molecular weight is 307 g/mol. The molecule has 1 aromatic rings.